The van der Waals surface area contributed by atoms with Crippen LogP contribution in [0.1, 0.15) is 41.4 Å². The number of carboxylic acid groups (broad SMARTS) is 2. The van der Waals surface area contributed by atoms with Crippen LogP contribution < -0.4 is 0 Å². The van der Waals surface area contributed by atoms with Gasteiger partial charge in [0.1, 0.15) is 13.2 Å². The minimum absolute atomic E-state index is 0.0891. The molecule has 0 amide bonds. The number of ether oxygens (including phenoxy) is 2. The van der Waals surface area contributed by atoms with Gasteiger partial charge in [-0.2, -0.15) is 0 Å². The van der Waals surface area contributed by atoms with Crippen molar-refractivity contribution >= 4 is 34.6 Å². The summed E-state index contributed by atoms with van der Waals surface area (Å²) in [7, 11) is 0. The maximum atomic E-state index is 12.0. The fraction of sp³-hybridized carbons (Fsp3) is 0.0714. The molecule has 0 saturated carbocycles. The summed E-state index contributed by atoms with van der Waals surface area (Å²) in [6.45, 7) is 0.185. The van der Waals surface area contributed by atoms with Crippen LogP contribution in [0.2, 0.25) is 0 Å². The molecule has 8 heteroatoms. The molecule has 0 unspecified atom stereocenters. The third kappa shape index (κ3) is 4.92. The summed E-state index contributed by atoms with van der Waals surface area (Å²) in [6, 6.07) is 23.5. The van der Waals surface area contributed by atoms with Gasteiger partial charge in [-0.3, -0.25) is 0 Å². The van der Waals surface area contributed by atoms with E-state index in [2.05, 4.69) is 0 Å². The molecule has 0 atom stereocenters. The summed E-state index contributed by atoms with van der Waals surface area (Å²) in [4.78, 5) is 46.1. The molecule has 0 aliphatic carbocycles. The van der Waals surface area contributed by atoms with Crippen molar-refractivity contribution in [1.29, 1.82) is 0 Å². The molecule has 0 fully saturated rings. The molecule has 0 radical (unpaired) electrons. The lowest BCUT2D eigenvalue weighted by atomic mass is 9.95. The number of rotatable bonds is 3. The van der Waals surface area contributed by atoms with E-state index < -0.39 is 23.9 Å². The summed E-state index contributed by atoms with van der Waals surface area (Å²) < 4.78 is 10.0. The van der Waals surface area contributed by atoms with Gasteiger partial charge in [-0.25, -0.2) is 19.2 Å². The molecule has 1 aliphatic heterocycles. The SMILES string of the molecule is O=C(O)c1ccccc1-c1ccccc1C(=O)O.O=C1OCCOC(=O)c2c1ccc1ccccc21. The monoisotopic (exact) mass is 484 g/mol. The number of aromatic carboxylic acids is 2. The lowest BCUT2D eigenvalue weighted by Crippen LogP contribution is -2.21. The van der Waals surface area contributed by atoms with Gasteiger partial charge in [-0.1, -0.05) is 66.7 Å². The highest BCUT2D eigenvalue weighted by Gasteiger charge is 2.24. The second kappa shape index (κ2) is 10.5. The molecule has 4 aromatic rings. The van der Waals surface area contributed by atoms with E-state index in [1.807, 2.05) is 18.2 Å². The Balaban J connectivity index is 0.000000169. The first-order chi connectivity index (χ1) is 17.4. The molecule has 0 spiro atoms. The third-order valence-electron chi connectivity index (χ3n) is 5.51. The highest BCUT2D eigenvalue weighted by atomic mass is 16.6. The van der Waals surface area contributed by atoms with E-state index in [9.17, 15) is 19.2 Å². The lowest BCUT2D eigenvalue weighted by molar-refractivity contribution is 0.0227. The first-order valence-electron chi connectivity index (χ1n) is 10.9. The largest absolute Gasteiger partial charge is 0.478 e. The van der Waals surface area contributed by atoms with Gasteiger partial charge in [0.25, 0.3) is 0 Å². The normalized spacial score (nSPS) is 12.7. The van der Waals surface area contributed by atoms with E-state index in [1.54, 1.807) is 54.6 Å². The van der Waals surface area contributed by atoms with Crippen molar-refractivity contribution in [3.05, 3.63) is 107 Å². The fourth-order valence-electron chi connectivity index (χ4n) is 3.89. The molecule has 4 aromatic carbocycles. The smallest absolute Gasteiger partial charge is 0.339 e. The molecule has 0 saturated heterocycles. The van der Waals surface area contributed by atoms with E-state index in [-0.39, 0.29) is 35.5 Å². The van der Waals surface area contributed by atoms with Gasteiger partial charge in [0, 0.05) is 0 Å². The zero-order valence-corrected chi connectivity index (χ0v) is 18.8. The van der Waals surface area contributed by atoms with Crippen LogP contribution in [0.3, 0.4) is 0 Å². The van der Waals surface area contributed by atoms with Crippen molar-refractivity contribution in [3.63, 3.8) is 0 Å². The van der Waals surface area contributed by atoms with Crippen molar-refractivity contribution < 1.29 is 38.9 Å². The Morgan fingerprint density at radius 3 is 1.67 bits per heavy atom. The number of benzene rings is 4. The quantitative estimate of drug-likeness (QED) is 0.393. The molecule has 5 rings (SSSR count). The van der Waals surface area contributed by atoms with Crippen LogP contribution in [0, 0.1) is 0 Å². The standard InChI is InChI=1S/2C14H10O4/c15-13-11-6-5-9-3-1-2-4-10(9)12(11)14(16)18-8-7-17-13;15-13(16)11-7-3-1-5-9(11)10-6-2-4-8-12(10)14(17)18/h1-6H,7-8H2;1-8H,(H,15,16)(H,17,18). The number of esters is 2. The Bertz CT molecular complexity index is 1430. The number of carboxylic acids is 2. The predicted molar refractivity (Wildman–Crippen MR) is 130 cm³/mol. The van der Waals surface area contributed by atoms with E-state index in [0.717, 1.165) is 5.39 Å². The van der Waals surface area contributed by atoms with E-state index in [1.165, 1.54) is 12.1 Å². The summed E-state index contributed by atoms with van der Waals surface area (Å²) in [5, 5.41) is 19.8. The van der Waals surface area contributed by atoms with Gasteiger partial charge < -0.3 is 19.7 Å². The highest BCUT2D eigenvalue weighted by Crippen LogP contribution is 2.27. The van der Waals surface area contributed by atoms with Gasteiger partial charge in [0.2, 0.25) is 0 Å². The van der Waals surface area contributed by atoms with Crippen molar-refractivity contribution in [2.75, 3.05) is 13.2 Å². The van der Waals surface area contributed by atoms with Crippen LogP contribution in [0.15, 0.2) is 84.9 Å². The average molecular weight is 484 g/mol. The van der Waals surface area contributed by atoms with Crippen LogP contribution in [0.4, 0.5) is 0 Å². The summed E-state index contributed by atoms with van der Waals surface area (Å²) >= 11 is 0. The number of carbonyl (C=O) groups is 4. The molecule has 180 valence electrons. The fourth-order valence-corrected chi connectivity index (χ4v) is 3.89. The van der Waals surface area contributed by atoms with Crippen LogP contribution >= 0.6 is 0 Å². The topological polar surface area (TPSA) is 127 Å². The molecule has 1 heterocycles. The van der Waals surface area contributed by atoms with Crippen LogP contribution in [0.25, 0.3) is 21.9 Å². The van der Waals surface area contributed by atoms with Gasteiger partial charge in [0.05, 0.1) is 22.3 Å². The molecule has 36 heavy (non-hydrogen) atoms. The van der Waals surface area contributed by atoms with Gasteiger partial charge in [0.15, 0.2) is 0 Å². The van der Waals surface area contributed by atoms with Crippen molar-refractivity contribution in [1.82, 2.24) is 0 Å². The van der Waals surface area contributed by atoms with Gasteiger partial charge in [-0.05, 0) is 40.1 Å². The average Bonchev–Trinajstić information content (AvgIpc) is 2.89. The minimum Gasteiger partial charge on any atom is -0.478 e. The number of hydrogen-bond acceptors (Lipinski definition) is 6. The Morgan fingerprint density at radius 1 is 0.583 bits per heavy atom. The molecule has 8 nitrogen and oxygen atoms in total. The highest BCUT2D eigenvalue weighted by molar-refractivity contribution is 6.13. The molecule has 0 aromatic heterocycles. The van der Waals surface area contributed by atoms with Crippen LogP contribution in [0.5, 0.6) is 0 Å². The Hall–Kier alpha value is -4.98. The third-order valence-corrected chi connectivity index (χ3v) is 5.51. The second-order valence-electron chi connectivity index (χ2n) is 7.68. The molecule has 1 aliphatic rings. The summed E-state index contributed by atoms with van der Waals surface area (Å²) in [6.07, 6.45) is 0. The first kappa shape index (κ1) is 24.2. The Kier molecular flexibility index (Phi) is 7.06. The zero-order valence-electron chi connectivity index (χ0n) is 18.8. The van der Waals surface area contributed by atoms with Crippen molar-refractivity contribution in [2.24, 2.45) is 0 Å². The maximum Gasteiger partial charge on any atom is 0.339 e. The predicted octanol–water partition coefficient (Wildman–Crippen LogP) is 4.92. The lowest BCUT2D eigenvalue weighted by Gasteiger charge is -2.15. The number of carbonyl (C=O) groups excluding carboxylic acids is 2. The zero-order chi connectivity index (χ0) is 25.7. The van der Waals surface area contributed by atoms with E-state index >= 15 is 0 Å². The number of fused-ring (bicyclic) bond motifs is 3. The summed E-state index contributed by atoms with van der Waals surface area (Å²) in [5.41, 5.74) is 1.54. The van der Waals surface area contributed by atoms with Crippen molar-refractivity contribution in [2.45, 2.75) is 0 Å². The number of hydrogen-bond donors (Lipinski definition) is 2. The Labute approximate surface area is 205 Å². The second-order valence-corrected chi connectivity index (χ2v) is 7.68. The van der Waals surface area contributed by atoms with Crippen LogP contribution in [-0.2, 0) is 9.47 Å². The van der Waals surface area contributed by atoms with E-state index in [4.69, 9.17) is 19.7 Å². The van der Waals surface area contributed by atoms with Crippen molar-refractivity contribution in [3.8, 4) is 11.1 Å². The Morgan fingerprint density at radius 2 is 1.08 bits per heavy atom. The first-order valence-corrected chi connectivity index (χ1v) is 10.9. The maximum absolute atomic E-state index is 12.0. The van der Waals surface area contributed by atoms with E-state index in [0.29, 0.717) is 16.5 Å². The molecule has 2 N–H and O–H groups in total. The minimum atomic E-state index is -1.08. The summed E-state index contributed by atoms with van der Waals surface area (Å²) in [5.74, 6) is -3.11. The molecular formula is C28H20O8. The molecular weight excluding hydrogens is 464 g/mol. The molecule has 0 bridgehead atoms. The number of cyclic esters (lactones) is 2. The van der Waals surface area contributed by atoms with Gasteiger partial charge >= 0.3 is 23.9 Å². The van der Waals surface area contributed by atoms with Gasteiger partial charge in [-0.15, -0.1) is 0 Å². The van der Waals surface area contributed by atoms with Crippen LogP contribution in [-0.4, -0.2) is 47.3 Å².